The van der Waals surface area contributed by atoms with E-state index in [2.05, 4.69) is 41.6 Å². The van der Waals surface area contributed by atoms with Crippen LogP contribution in [0.2, 0.25) is 0 Å². The van der Waals surface area contributed by atoms with Gasteiger partial charge in [0.2, 0.25) is 5.78 Å². The molecular weight excluding hydrogens is 388 g/mol. The van der Waals surface area contributed by atoms with E-state index in [4.69, 9.17) is 4.74 Å². The Morgan fingerprint density at radius 2 is 2.03 bits per heavy atom. The van der Waals surface area contributed by atoms with Gasteiger partial charge in [-0.15, -0.1) is 0 Å². The minimum atomic E-state index is -0.128. The summed E-state index contributed by atoms with van der Waals surface area (Å²) in [5, 5.41) is 11.7. The van der Waals surface area contributed by atoms with Crippen LogP contribution in [0.4, 0.5) is 0 Å². The van der Waals surface area contributed by atoms with Gasteiger partial charge in [0, 0.05) is 41.8 Å². The molecule has 5 heteroatoms. The largest absolute Gasteiger partial charge is 0.507 e. The van der Waals surface area contributed by atoms with Crippen LogP contribution in [-0.4, -0.2) is 32.9 Å². The summed E-state index contributed by atoms with van der Waals surface area (Å²) in [6.07, 6.45) is 7.45. The van der Waals surface area contributed by atoms with Gasteiger partial charge in [0.1, 0.15) is 11.5 Å². The standard InChI is InChI=1S/C26H28N2O3/c1-3-27-15-18(19-9-4-5-10-22(19)27)14-24-25(30)20-11-12-23(29)21(26(20)31-24)16-28-13-7-6-8-17(28)2/h4-5,9-12,14-15,17,29H,3,6-8,13,16H2,1-2H3/b24-14+/t17-/m0/s1. The first-order valence-electron chi connectivity index (χ1n) is 11.2. The van der Waals surface area contributed by atoms with Crippen LogP contribution in [0, 0.1) is 0 Å². The molecule has 2 aliphatic heterocycles. The third-order valence-corrected chi connectivity index (χ3v) is 6.66. The molecule has 160 valence electrons. The molecule has 0 aliphatic carbocycles. The molecular formula is C26H28N2O3. The lowest BCUT2D eigenvalue weighted by atomic mass is 10.0. The number of allylic oxidation sites excluding steroid dienone is 1. The minimum Gasteiger partial charge on any atom is -0.507 e. The highest BCUT2D eigenvalue weighted by molar-refractivity contribution is 6.15. The summed E-state index contributed by atoms with van der Waals surface area (Å²) in [5.41, 5.74) is 3.34. The molecule has 0 bridgehead atoms. The summed E-state index contributed by atoms with van der Waals surface area (Å²) >= 11 is 0. The molecule has 2 aliphatic rings. The average Bonchev–Trinajstić information content (AvgIpc) is 3.29. The zero-order valence-corrected chi connectivity index (χ0v) is 18.1. The molecule has 0 radical (unpaired) electrons. The van der Waals surface area contributed by atoms with Crippen LogP contribution in [0.25, 0.3) is 17.0 Å². The normalized spacial score (nSPS) is 20.4. The van der Waals surface area contributed by atoms with Crippen LogP contribution in [0.3, 0.4) is 0 Å². The third kappa shape index (κ3) is 3.43. The van der Waals surface area contributed by atoms with Crippen molar-refractivity contribution >= 4 is 22.8 Å². The number of hydrogen-bond donors (Lipinski definition) is 1. The van der Waals surface area contributed by atoms with Gasteiger partial charge in [-0.2, -0.15) is 0 Å². The number of aryl methyl sites for hydroxylation is 1. The molecule has 5 nitrogen and oxygen atoms in total. The maximum Gasteiger partial charge on any atom is 0.231 e. The van der Waals surface area contributed by atoms with Crippen LogP contribution in [0.5, 0.6) is 11.5 Å². The minimum absolute atomic E-state index is 0.128. The van der Waals surface area contributed by atoms with Crippen molar-refractivity contribution in [3.63, 3.8) is 0 Å². The molecule has 31 heavy (non-hydrogen) atoms. The Bertz CT molecular complexity index is 1190. The number of carbonyl (C=O) groups excluding carboxylic acids is 1. The number of ketones is 1. The number of nitrogens with zero attached hydrogens (tertiary/aromatic N) is 2. The highest BCUT2D eigenvalue weighted by Crippen LogP contribution is 2.41. The van der Waals surface area contributed by atoms with Crippen LogP contribution < -0.4 is 4.74 Å². The summed E-state index contributed by atoms with van der Waals surface area (Å²) in [6.45, 7) is 6.77. The van der Waals surface area contributed by atoms with Gasteiger partial charge >= 0.3 is 0 Å². The van der Waals surface area contributed by atoms with Crippen molar-refractivity contribution in [3.05, 3.63) is 65.0 Å². The highest BCUT2D eigenvalue weighted by atomic mass is 16.5. The lowest BCUT2D eigenvalue weighted by Gasteiger charge is -2.33. The molecule has 0 unspecified atom stereocenters. The average molecular weight is 417 g/mol. The van der Waals surface area contributed by atoms with Gasteiger partial charge in [-0.3, -0.25) is 9.69 Å². The first-order valence-corrected chi connectivity index (χ1v) is 11.2. The maximum atomic E-state index is 13.1. The Morgan fingerprint density at radius 1 is 1.19 bits per heavy atom. The van der Waals surface area contributed by atoms with E-state index < -0.39 is 0 Å². The van der Waals surface area contributed by atoms with Gasteiger partial charge < -0.3 is 14.4 Å². The van der Waals surface area contributed by atoms with Crippen LogP contribution in [-0.2, 0) is 13.1 Å². The van der Waals surface area contributed by atoms with E-state index >= 15 is 0 Å². The predicted molar refractivity (Wildman–Crippen MR) is 122 cm³/mol. The second-order valence-corrected chi connectivity index (χ2v) is 8.58. The second kappa shape index (κ2) is 7.89. The van der Waals surface area contributed by atoms with E-state index in [-0.39, 0.29) is 11.5 Å². The van der Waals surface area contributed by atoms with Crippen molar-refractivity contribution < 1.29 is 14.6 Å². The molecule has 1 aromatic heterocycles. The molecule has 1 fully saturated rings. The van der Waals surface area contributed by atoms with Crippen molar-refractivity contribution in [1.82, 2.24) is 9.47 Å². The van der Waals surface area contributed by atoms with Gasteiger partial charge in [0.05, 0.1) is 11.1 Å². The summed E-state index contributed by atoms with van der Waals surface area (Å²) in [4.78, 5) is 15.5. The van der Waals surface area contributed by atoms with Gasteiger partial charge in [0.25, 0.3) is 0 Å². The molecule has 3 heterocycles. The Hall–Kier alpha value is -3.05. The Morgan fingerprint density at radius 3 is 2.84 bits per heavy atom. The fourth-order valence-corrected chi connectivity index (χ4v) is 4.84. The lowest BCUT2D eigenvalue weighted by molar-refractivity contribution is 0.101. The van der Waals surface area contributed by atoms with Gasteiger partial charge in [0.15, 0.2) is 5.76 Å². The monoisotopic (exact) mass is 416 g/mol. The molecule has 2 aromatic carbocycles. The summed E-state index contributed by atoms with van der Waals surface area (Å²) in [6, 6.07) is 11.9. The zero-order chi connectivity index (χ0) is 21.5. The topological polar surface area (TPSA) is 54.7 Å². The summed E-state index contributed by atoms with van der Waals surface area (Å²) < 4.78 is 8.29. The van der Waals surface area contributed by atoms with Gasteiger partial charge in [-0.1, -0.05) is 24.6 Å². The van der Waals surface area contributed by atoms with Crippen molar-refractivity contribution in [3.8, 4) is 11.5 Å². The van der Waals surface area contributed by atoms with Crippen molar-refractivity contribution in [2.75, 3.05) is 6.54 Å². The number of aromatic hydroxyl groups is 1. The molecule has 1 N–H and O–H groups in total. The van der Waals surface area contributed by atoms with Crippen LogP contribution >= 0.6 is 0 Å². The molecule has 0 spiro atoms. The molecule has 1 saturated heterocycles. The molecule has 3 aromatic rings. The Balaban J connectivity index is 1.52. The number of hydrogen-bond acceptors (Lipinski definition) is 4. The first-order chi connectivity index (χ1) is 15.1. The highest BCUT2D eigenvalue weighted by Gasteiger charge is 2.32. The number of likely N-dealkylation sites (tertiary alicyclic amines) is 1. The fourth-order valence-electron chi connectivity index (χ4n) is 4.84. The number of ether oxygens (including phenoxy) is 1. The van der Waals surface area contributed by atoms with E-state index in [0.29, 0.717) is 35.2 Å². The van der Waals surface area contributed by atoms with Crippen LogP contribution in [0.15, 0.2) is 48.4 Å². The number of carbonyl (C=O) groups is 1. The number of benzene rings is 2. The predicted octanol–water partition coefficient (Wildman–Crippen LogP) is 5.36. The summed E-state index contributed by atoms with van der Waals surface area (Å²) in [5.74, 6) is 0.880. The Kier molecular flexibility index (Phi) is 5.06. The van der Waals surface area contributed by atoms with E-state index in [1.54, 1.807) is 12.1 Å². The van der Waals surface area contributed by atoms with Crippen molar-refractivity contribution in [2.24, 2.45) is 0 Å². The number of rotatable bonds is 4. The quantitative estimate of drug-likeness (QED) is 0.582. The molecule has 0 amide bonds. The van der Waals surface area contributed by atoms with Gasteiger partial charge in [-0.05, 0) is 57.5 Å². The second-order valence-electron chi connectivity index (χ2n) is 8.58. The molecule has 0 saturated carbocycles. The van der Waals surface area contributed by atoms with Gasteiger partial charge in [-0.25, -0.2) is 0 Å². The number of para-hydroxylation sites is 1. The molecule has 5 rings (SSSR count). The van der Waals surface area contributed by atoms with E-state index in [9.17, 15) is 9.90 Å². The summed E-state index contributed by atoms with van der Waals surface area (Å²) in [7, 11) is 0. The van der Waals surface area contributed by atoms with E-state index in [1.807, 2.05) is 18.2 Å². The maximum absolute atomic E-state index is 13.1. The SMILES string of the molecule is CCn1cc(/C=C2/Oc3c(ccc(O)c3CN3CCCC[C@@H]3C)C2=O)c2ccccc21. The molecule has 1 atom stereocenters. The number of Topliss-reactive ketones (excluding diaryl/α,β-unsaturated/α-hetero) is 1. The number of piperidine rings is 1. The number of phenolic OH excluding ortho intramolecular Hbond substituents is 1. The number of aromatic nitrogens is 1. The van der Waals surface area contributed by atoms with Crippen LogP contribution in [0.1, 0.15) is 54.6 Å². The zero-order valence-electron chi connectivity index (χ0n) is 18.1. The third-order valence-electron chi connectivity index (χ3n) is 6.66. The fraction of sp³-hybridized carbons (Fsp3) is 0.346. The first kappa shape index (κ1) is 19.9. The Labute approximate surface area is 182 Å². The van der Waals surface area contributed by atoms with Crippen molar-refractivity contribution in [1.29, 1.82) is 0 Å². The van der Waals surface area contributed by atoms with Crippen molar-refractivity contribution in [2.45, 2.75) is 52.2 Å². The van der Waals surface area contributed by atoms with E-state index in [0.717, 1.165) is 42.4 Å². The number of phenols is 1. The lowest BCUT2D eigenvalue weighted by Crippen LogP contribution is -2.36. The smallest absolute Gasteiger partial charge is 0.231 e. The number of fused-ring (bicyclic) bond motifs is 2. The van der Waals surface area contributed by atoms with E-state index in [1.165, 1.54) is 6.42 Å².